The van der Waals surface area contributed by atoms with Crippen LogP contribution in [-0.2, 0) is 17.9 Å². The summed E-state index contributed by atoms with van der Waals surface area (Å²) in [4.78, 5) is 15.9. The summed E-state index contributed by atoms with van der Waals surface area (Å²) in [5.41, 5.74) is 2.96. The molecule has 4 rings (SSSR count). The lowest BCUT2D eigenvalue weighted by Gasteiger charge is -2.23. The van der Waals surface area contributed by atoms with E-state index in [2.05, 4.69) is 15.4 Å². The van der Waals surface area contributed by atoms with E-state index >= 15 is 0 Å². The van der Waals surface area contributed by atoms with E-state index in [0.29, 0.717) is 32.1 Å². The highest BCUT2D eigenvalue weighted by atomic mass is 16.6. The minimum Gasteiger partial charge on any atom is -0.486 e. The molecular weight excluding hydrogens is 370 g/mol. The van der Waals surface area contributed by atoms with Gasteiger partial charge in [-0.15, -0.1) is 10.2 Å². The Morgan fingerprint density at radius 3 is 2.72 bits per heavy atom. The van der Waals surface area contributed by atoms with Crippen LogP contribution in [0.3, 0.4) is 0 Å². The summed E-state index contributed by atoms with van der Waals surface area (Å²) in [6.07, 6.45) is 0. The van der Waals surface area contributed by atoms with Crippen LogP contribution in [0, 0.1) is 6.92 Å². The first-order chi connectivity index (χ1) is 14.1. The fourth-order valence-corrected chi connectivity index (χ4v) is 3.25. The van der Waals surface area contributed by atoms with Gasteiger partial charge >= 0.3 is 0 Å². The van der Waals surface area contributed by atoms with E-state index in [4.69, 9.17) is 9.47 Å². The number of tetrazole rings is 1. The highest BCUT2D eigenvalue weighted by molar-refractivity contribution is 5.75. The van der Waals surface area contributed by atoms with Crippen molar-refractivity contribution in [3.63, 3.8) is 0 Å². The molecule has 0 atom stereocenters. The van der Waals surface area contributed by atoms with Gasteiger partial charge in [-0.2, -0.15) is 4.80 Å². The van der Waals surface area contributed by atoms with Gasteiger partial charge < -0.3 is 14.4 Å². The first kappa shape index (κ1) is 18.9. The van der Waals surface area contributed by atoms with Gasteiger partial charge in [-0.1, -0.05) is 30.3 Å². The van der Waals surface area contributed by atoms with Gasteiger partial charge in [0.05, 0.1) is 0 Å². The number of rotatable bonds is 6. The Morgan fingerprint density at radius 1 is 1.14 bits per heavy atom. The van der Waals surface area contributed by atoms with Crippen molar-refractivity contribution in [2.45, 2.75) is 26.9 Å². The van der Waals surface area contributed by atoms with Crippen LogP contribution in [0.15, 0.2) is 42.5 Å². The molecule has 8 nitrogen and oxygen atoms in total. The van der Waals surface area contributed by atoms with Crippen molar-refractivity contribution in [2.75, 3.05) is 19.8 Å². The molecule has 29 heavy (non-hydrogen) atoms. The summed E-state index contributed by atoms with van der Waals surface area (Å²) < 4.78 is 11.2. The average Bonchev–Trinajstić information content (AvgIpc) is 3.20. The summed E-state index contributed by atoms with van der Waals surface area (Å²) in [6, 6.07) is 13.6. The molecule has 0 radical (unpaired) electrons. The summed E-state index contributed by atoms with van der Waals surface area (Å²) >= 11 is 0. The van der Waals surface area contributed by atoms with Gasteiger partial charge in [0, 0.05) is 18.7 Å². The molecule has 8 heteroatoms. The van der Waals surface area contributed by atoms with Crippen molar-refractivity contribution in [2.24, 2.45) is 0 Å². The number of benzene rings is 2. The number of likely N-dealkylation sites (N-methyl/N-ethyl adjacent to an activating group) is 1. The number of ether oxygens (including phenoxy) is 2. The van der Waals surface area contributed by atoms with Crippen LogP contribution in [0.2, 0.25) is 0 Å². The second-order valence-electron chi connectivity index (χ2n) is 6.84. The van der Waals surface area contributed by atoms with Crippen molar-refractivity contribution in [1.29, 1.82) is 0 Å². The molecule has 150 valence electrons. The van der Waals surface area contributed by atoms with Crippen LogP contribution >= 0.6 is 0 Å². The molecule has 1 aliphatic rings. The molecule has 3 aromatic rings. The van der Waals surface area contributed by atoms with Crippen molar-refractivity contribution in [1.82, 2.24) is 25.1 Å². The Labute approximate surface area is 169 Å². The van der Waals surface area contributed by atoms with Gasteiger partial charge in [-0.3, -0.25) is 4.79 Å². The number of nitrogens with zero attached hydrogens (tertiary/aromatic N) is 5. The SMILES string of the molecule is CCN(Cc1ccc2c(c1)OCCO2)C(=O)Cn1nnc(-c2ccccc2C)n1. The molecule has 0 saturated carbocycles. The number of aryl methyl sites for hydroxylation is 1. The minimum absolute atomic E-state index is 0.0390. The number of hydrogen-bond acceptors (Lipinski definition) is 6. The second-order valence-corrected chi connectivity index (χ2v) is 6.84. The third kappa shape index (κ3) is 4.21. The number of amides is 1. The van der Waals surface area contributed by atoms with Gasteiger partial charge in [0.1, 0.15) is 19.8 Å². The normalized spacial score (nSPS) is 12.6. The first-order valence-corrected chi connectivity index (χ1v) is 9.64. The summed E-state index contributed by atoms with van der Waals surface area (Å²) in [5, 5.41) is 12.5. The van der Waals surface area contributed by atoms with Crippen LogP contribution in [-0.4, -0.2) is 50.8 Å². The van der Waals surface area contributed by atoms with Crippen LogP contribution in [0.1, 0.15) is 18.1 Å². The molecule has 0 spiro atoms. The van der Waals surface area contributed by atoms with E-state index in [1.165, 1.54) is 4.80 Å². The number of hydrogen-bond donors (Lipinski definition) is 0. The number of carbonyl (C=O) groups excluding carboxylic acids is 1. The number of carbonyl (C=O) groups is 1. The third-order valence-electron chi connectivity index (χ3n) is 4.83. The van der Waals surface area contributed by atoms with Crippen molar-refractivity contribution >= 4 is 5.91 Å². The molecule has 2 heterocycles. The Bertz CT molecular complexity index is 1020. The number of fused-ring (bicyclic) bond motifs is 1. The van der Waals surface area contributed by atoms with Crippen LogP contribution in [0.25, 0.3) is 11.4 Å². The first-order valence-electron chi connectivity index (χ1n) is 9.64. The fourth-order valence-electron chi connectivity index (χ4n) is 3.25. The molecule has 0 bridgehead atoms. The van der Waals surface area contributed by atoms with Crippen LogP contribution in [0.5, 0.6) is 11.5 Å². The standard InChI is InChI=1S/C21H23N5O3/c1-3-25(13-16-8-9-18-19(12-16)29-11-10-28-18)20(27)14-26-23-21(22-24-26)17-7-5-4-6-15(17)2/h4-9,12H,3,10-11,13-14H2,1-2H3. The lowest BCUT2D eigenvalue weighted by molar-refractivity contribution is -0.132. The molecule has 1 aliphatic heterocycles. The highest BCUT2D eigenvalue weighted by Crippen LogP contribution is 2.31. The van der Waals surface area contributed by atoms with E-state index < -0.39 is 0 Å². The third-order valence-corrected chi connectivity index (χ3v) is 4.83. The lowest BCUT2D eigenvalue weighted by Crippen LogP contribution is -2.33. The monoisotopic (exact) mass is 393 g/mol. The van der Waals surface area contributed by atoms with Crippen molar-refractivity contribution < 1.29 is 14.3 Å². The molecule has 0 N–H and O–H groups in total. The molecule has 2 aromatic carbocycles. The van der Waals surface area contributed by atoms with Gasteiger partial charge in [-0.05, 0) is 42.3 Å². The van der Waals surface area contributed by atoms with E-state index in [9.17, 15) is 4.79 Å². The Kier molecular flexibility index (Phi) is 5.41. The smallest absolute Gasteiger partial charge is 0.246 e. The van der Waals surface area contributed by atoms with E-state index in [0.717, 1.165) is 28.2 Å². The van der Waals surface area contributed by atoms with E-state index in [1.54, 1.807) is 4.90 Å². The summed E-state index contributed by atoms with van der Waals surface area (Å²) in [6.45, 7) is 6.13. The van der Waals surface area contributed by atoms with E-state index in [1.807, 2.05) is 56.3 Å². The van der Waals surface area contributed by atoms with Gasteiger partial charge in [-0.25, -0.2) is 0 Å². The predicted molar refractivity (Wildman–Crippen MR) is 107 cm³/mol. The van der Waals surface area contributed by atoms with Gasteiger partial charge in [0.2, 0.25) is 11.7 Å². The van der Waals surface area contributed by atoms with Crippen molar-refractivity contribution in [3.8, 4) is 22.9 Å². The molecule has 0 saturated heterocycles. The van der Waals surface area contributed by atoms with Gasteiger partial charge in [0.15, 0.2) is 11.5 Å². The van der Waals surface area contributed by atoms with Crippen LogP contribution < -0.4 is 9.47 Å². The quantitative estimate of drug-likeness (QED) is 0.640. The Hall–Kier alpha value is -3.42. The van der Waals surface area contributed by atoms with Gasteiger partial charge in [0.25, 0.3) is 0 Å². The van der Waals surface area contributed by atoms with E-state index in [-0.39, 0.29) is 12.5 Å². The second kappa shape index (κ2) is 8.30. The molecule has 0 unspecified atom stereocenters. The maximum absolute atomic E-state index is 12.8. The largest absolute Gasteiger partial charge is 0.486 e. The molecule has 1 amide bonds. The maximum atomic E-state index is 12.8. The average molecular weight is 393 g/mol. The molecular formula is C21H23N5O3. The number of aromatic nitrogens is 4. The minimum atomic E-state index is -0.0730. The maximum Gasteiger partial charge on any atom is 0.246 e. The van der Waals surface area contributed by atoms with Crippen LogP contribution in [0.4, 0.5) is 0 Å². The zero-order valence-corrected chi connectivity index (χ0v) is 16.5. The summed E-state index contributed by atoms with van der Waals surface area (Å²) in [5.74, 6) is 1.91. The van der Waals surface area contributed by atoms with Crippen molar-refractivity contribution in [3.05, 3.63) is 53.6 Å². The predicted octanol–water partition coefficient (Wildman–Crippen LogP) is 2.47. The molecule has 0 aliphatic carbocycles. The molecule has 1 aromatic heterocycles. The summed E-state index contributed by atoms with van der Waals surface area (Å²) in [7, 11) is 0. The zero-order chi connectivity index (χ0) is 20.2. The zero-order valence-electron chi connectivity index (χ0n) is 16.5. The Morgan fingerprint density at radius 2 is 1.93 bits per heavy atom. The lowest BCUT2D eigenvalue weighted by atomic mass is 10.1. The topological polar surface area (TPSA) is 82.4 Å². The fraction of sp³-hybridized carbons (Fsp3) is 0.333. The molecule has 0 fully saturated rings. The Balaban J connectivity index is 1.44. The highest BCUT2D eigenvalue weighted by Gasteiger charge is 2.18.